The van der Waals surface area contributed by atoms with Gasteiger partial charge < -0.3 is 15.2 Å². The zero-order valence-electron chi connectivity index (χ0n) is 12.1. The molecule has 1 rings (SSSR count). The van der Waals surface area contributed by atoms with Crippen LogP contribution >= 0.6 is 0 Å². The number of nitrogens with zero attached hydrogens (tertiary/aromatic N) is 1. The van der Waals surface area contributed by atoms with Crippen molar-refractivity contribution in [1.82, 2.24) is 4.98 Å². The molecule has 0 unspecified atom stereocenters. The van der Waals surface area contributed by atoms with Gasteiger partial charge in [-0.2, -0.15) is 0 Å². The standard InChI is InChI=1S/C14H20N2O4/c1-9(17)16-12-6-5-10(7-15-12)11(18)8-20-13(19)14(2,3)4/h5-7,11,18H,8H2,1-4H3,(H,15,16,17)/t11-/m0/s1. The van der Waals surface area contributed by atoms with Crippen molar-refractivity contribution in [2.75, 3.05) is 11.9 Å². The number of anilines is 1. The Bertz CT molecular complexity index is 477. The fraction of sp³-hybridized carbons (Fsp3) is 0.500. The third kappa shape index (κ3) is 4.97. The van der Waals surface area contributed by atoms with Gasteiger partial charge in [-0.25, -0.2) is 4.98 Å². The normalized spacial score (nSPS) is 12.7. The summed E-state index contributed by atoms with van der Waals surface area (Å²) in [4.78, 5) is 26.4. The molecule has 0 aliphatic heterocycles. The average Bonchev–Trinajstić information content (AvgIpc) is 2.34. The van der Waals surface area contributed by atoms with Crippen LogP contribution in [0.25, 0.3) is 0 Å². The van der Waals surface area contributed by atoms with Crippen molar-refractivity contribution in [2.24, 2.45) is 5.41 Å². The minimum atomic E-state index is -0.944. The molecule has 2 N–H and O–H groups in total. The molecule has 1 amide bonds. The van der Waals surface area contributed by atoms with Gasteiger partial charge in [-0.15, -0.1) is 0 Å². The molecule has 0 radical (unpaired) electrons. The Morgan fingerprint density at radius 1 is 1.40 bits per heavy atom. The molecule has 6 nitrogen and oxygen atoms in total. The van der Waals surface area contributed by atoms with Crippen molar-refractivity contribution >= 4 is 17.7 Å². The van der Waals surface area contributed by atoms with E-state index in [-0.39, 0.29) is 18.5 Å². The quantitative estimate of drug-likeness (QED) is 0.819. The highest BCUT2D eigenvalue weighted by Crippen LogP contribution is 2.18. The Balaban J connectivity index is 2.58. The number of hydrogen-bond donors (Lipinski definition) is 2. The van der Waals surface area contributed by atoms with Gasteiger partial charge in [0.05, 0.1) is 5.41 Å². The number of carbonyl (C=O) groups excluding carboxylic acids is 2. The van der Waals surface area contributed by atoms with E-state index in [1.807, 2.05) is 0 Å². The van der Waals surface area contributed by atoms with Crippen LogP contribution in [0.15, 0.2) is 18.3 Å². The number of esters is 1. The Hall–Kier alpha value is -1.95. The van der Waals surface area contributed by atoms with Crippen molar-refractivity contribution in [3.63, 3.8) is 0 Å². The molecular formula is C14H20N2O4. The molecule has 0 saturated heterocycles. The molecule has 0 spiro atoms. The largest absolute Gasteiger partial charge is 0.462 e. The lowest BCUT2D eigenvalue weighted by molar-refractivity contribution is -0.156. The van der Waals surface area contributed by atoms with Crippen molar-refractivity contribution in [3.05, 3.63) is 23.9 Å². The van der Waals surface area contributed by atoms with E-state index in [0.717, 1.165) is 0 Å². The Morgan fingerprint density at radius 2 is 2.05 bits per heavy atom. The molecule has 110 valence electrons. The van der Waals surface area contributed by atoms with Gasteiger partial charge in [0.15, 0.2) is 0 Å². The van der Waals surface area contributed by atoms with Crippen LogP contribution < -0.4 is 5.32 Å². The van der Waals surface area contributed by atoms with Gasteiger partial charge >= 0.3 is 5.97 Å². The van der Waals surface area contributed by atoms with E-state index >= 15 is 0 Å². The maximum absolute atomic E-state index is 11.6. The molecule has 0 aliphatic carbocycles. The first-order chi connectivity index (χ1) is 9.20. The van der Waals surface area contributed by atoms with Crippen molar-refractivity contribution in [1.29, 1.82) is 0 Å². The third-order valence-electron chi connectivity index (χ3n) is 2.46. The number of rotatable bonds is 4. The molecule has 0 bridgehead atoms. The SMILES string of the molecule is CC(=O)Nc1ccc([C@@H](O)COC(=O)C(C)(C)C)cn1. The minimum Gasteiger partial charge on any atom is -0.462 e. The molecule has 0 saturated carbocycles. The second kappa shape index (κ2) is 6.47. The zero-order chi connectivity index (χ0) is 15.3. The number of aromatic nitrogens is 1. The molecule has 1 aromatic rings. The van der Waals surface area contributed by atoms with Crippen LogP contribution in [0.1, 0.15) is 39.4 Å². The van der Waals surface area contributed by atoms with Gasteiger partial charge in [0.2, 0.25) is 5.91 Å². The van der Waals surface area contributed by atoms with E-state index in [4.69, 9.17) is 4.74 Å². The number of carbonyl (C=O) groups is 2. The summed E-state index contributed by atoms with van der Waals surface area (Å²) in [6, 6.07) is 3.19. The Kier molecular flexibility index (Phi) is 5.21. The van der Waals surface area contributed by atoms with Crippen LogP contribution in [0.3, 0.4) is 0 Å². The molecule has 1 aromatic heterocycles. The van der Waals surface area contributed by atoms with Gasteiger partial charge in [0, 0.05) is 18.7 Å². The third-order valence-corrected chi connectivity index (χ3v) is 2.46. The number of aliphatic hydroxyl groups excluding tert-OH is 1. The van der Waals surface area contributed by atoms with Gasteiger partial charge in [-0.3, -0.25) is 9.59 Å². The molecular weight excluding hydrogens is 260 g/mol. The Morgan fingerprint density at radius 3 is 2.50 bits per heavy atom. The molecule has 0 aromatic carbocycles. The van der Waals surface area contributed by atoms with E-state index < -0.39 is 11.5 Å². The lowest BCUT2D eigenvalue weighted by Crippen LogP contribution is -2.25. The maximum Gasteiger partial charge on any atom is 0.311 e. The lowest BCUT2D eigenvalue weighted by atomic mass is 9.97. The van der Waals surface area contributed by atoms with Gasteiger partial charge in [0.25, 0.3) is 0 Å². The molecule has 6 heteroatoms. The van der Waals surface area contributed by atoms with Crippen molar-refractivity contribution in [3.8, 4) is 0 Å². The number of pyridine rings is 1. The summed E-state index contributed by atoms with van der Waals surface area (Å²) in [5.74, 6) is -0.190. The van der Waals surface area contributed by atoms with E-state index in [0.29, 0.717) is 11.4 Å². The van der Waals surface area contributed by atoms with Crippen LogP contribution in [0, 0.1) is 5.41 Å². The highest BCUT2D eigenvalue weighted by molar-refractivity contribution is 5.87. The summed E-state index contributed by atoms with van der Waals surface area (Å²) < 4.78 is 5.03. The zero-order valence-corrected chi connectivity index (χ0v) is 12.1. The maximum atomic E-state index is 11.6. The van der Waals surface area contributed by atoms with Gasteiger partial charge in [-0.1, -0.05) is 6.07 Å². The van der Waals surface area contributed by atoms with Crippen LogP contribution in [0.2, 0.25) is 0 Å². The molecule has 1 heterocycles. The van der Waals surface area contributed by atoms with Crippen molar-refractivity contribution < 1.29 is 19.4 Å². The number of ether oxygens (including phenoxy) is 1. The predicted octanol–water partition coefficient (Wildman–Crippen LogP) is 1.66. The van der Waals surface area contributed by atoms with Gasteiger partial charge in [0.1, 0.15) is 18.5 Å². The first-order valence-electron chi connectivity index (χ1n) is 6.29. The molecule has 0 aliphatic rings. The fourth-order valence-electron chi connectivity index (χ4n) is 1.32. The highest BCUT2D eigenvalue weighted by atomic mass is 16.5. The average molecular weight is 280 g/mol. The monoisotopic (exact) mass is 280 g/mol. The van der Waals surface area contributed by atoms with Crippen molar-refractivity contribution in [2.45, 2.75) is 33.8 Å². The molecule has 0 fully saturated rings. The first kappa shape index (κ1) is 16.1. The molecule has 20 heavy (non-hydrogen) atoms. The summed E-state index contributed by atoms with van der Waals surface area (Å²) in [5, 5.41) is 12.4. The predicted molar refractivity (Wildman–Crippen MR) is 73.9 cm³/mol. The number of amides is 1. The van der Waals surface area contributed by atoms with E-state index in [9.17, 15) is 14.7 Å². The summed E-state index contributed by atoms with van der Waals surface area (Å²) in [7, 11) is 0. The lowest BCUT2D eigenvalue weighted by Gasteiger charge is -2.18. The number of nitrogens with one attached hydrogen (secondary N) is 1. The Labute approximate surface area is 118 Å². The number of aliphatic hydroxyl groups is 1. The van der Waals surface area contributed by atoms with Crippen LogP contribution in [0.5, 0.6) is 0 Å². The second-order valence-corrected chi connectivity index (χ2v) is 5.52. The van der Waals surface area contributed by atoms with E-state index in [1.54, 1.807) is 32.9 Å². The first-order valence-corrected chi connectivity index (χ1v) is 6.29. The number of hydrogen-bond acceptors (Lipinski definition) is 5. The fourth-order valence-corrected chi connectivity index (χ4v) is 1.32. The van der Waals surface area contributed by atoms with Crippen LogP contribution in [-0.4, -0.2) is 28.6 Å². The summed E-state index contributed by atoms with van der Waals surface area (Å²) in [5.41, 5.74) is -0.0893. The smallest absolute Gasteiger partial charge is 0.311 e. The summed E-state index contributed by atoms with van der Waals surface area (Å²) >= 11 is 0. The topological polar surface area (TPSA) is 88.5 Å². The van der Waals surface area contributed by atoms with Crippen LogP contribution in [-0.2, 0) is 14.3 Å². The van der Waals surface area contributed by atoms with E-state index in [1.165, 1.54) is 13.1 Å². The second-order valence-electron chi connectivity index (χ2n) is 5.52. The minimum absolute atomic E-state index is 0.128. The molecule has 1 atom stereocenters. The van der Waals surface area contributed by atoms with E-state index in [2.05, 4.69) is 10.3 Å². The highest BCUT2D eigenvalue weighted by Gasteiger charge is 2.24. The summed E-state index contributed by atoms with van der Waals surface area (Å²) in [6.45, 7) is 6.48. The van der Waals surface area contributed by atoms with Crippen LogP contribution in [0.4, 0.5) is 5.82 Å². The van der Waals surface area contributed by atoms with Gasteiger partial charge in [-0.05, 0) is 26.8 Å². The summed E-state index contributed by atoms with van der Waals surface area (Å²) in [6.07, 6.45) is 0.487.